The molecule has 32 heavy (non-hydrogen) atoms. The molecule has 0 radical (unpaired) electrons. The number of rotatable bonds is 8. The van der Waals surface area contributed by atoms with Crippen molar-refractivity contribution in [3.63, 3.8) is 0 Å². The van der Waals surface area contributed by atoms with E-state index in [0.717, 1.165) is 48.4 Å². The summed E-state index contributed by atoms with van der Waals surface area (Å²) in [6.45, 7) is 3.50. The highest BCUT2D eigenvalue weighted by Crippen LogP contribution is 2.27. The lowest BCUT2D eigenvalue weighted by Crippen LogP contribution is -2.42. The molecule has 0 amide bonds. The van der Waals surface area contributed by atoms with Crippen LogP contribution in [0.5, 0.6) is 5.75 Å². The molecule has 4 rings (SSSR count). The van der Waals surface area contributed by atoms with E-state index in [4.69, 9.17) is 9.26 Å². The number of guanidine groups is 1. The first-order valence-electron chi connectivity index (χ1n) is 11.1. The van der Waals surface area contributed by atoms with E-state index in [9.17, 15) is 0 Å². The van der Waals surface area contributed by atoms with Crippen molar-refractivity contribution in [2.45, 2.75) is 25.4 Å². The number of methoxy groups -OCH3 is 1. The largest absolute Gasteiger partial charge is 0.497 e. The fourth-order valence-corrected chi connectivity index (χ4v) is 4.08. The average Bonchev–Trinajstić information content (AvgIpc) is 3.55. The van der Waals surface area contributed by atoms with E-state index in [1.54, 1.807) is 14.2 Å². The minimum absolute atomic E-state index is 0.253. The van der Waals surface area contributed by atoms with Gasteiger partial charge in [0.15, 0.2) is 11.7 Å². The van der Waals surface area contributed by atoms with Gasteiger partial charge in [-0.3, -0.25) is 9.89 Å². The zero-order valence-corrected chi connectivity index (χ0v) is 18.8. The fraction of sp³-hybridized carbons (Fsp3) is 0.360. The molecule has 1 unspecified atom stereocenters. The molecule has 1 aliphatic heterocycles. The Labute approximate surface area is 189 Å². The number of nitrogens with one attached hydrogen (secondary N) is 2. The van der Waals surface area contributed by atoms with Crippen LogP contribution in [0, 0.1) is 0 Å². The molecule has 0 spiro atoms. The van der Waals surface area contributed by atoms with E-state index in [1.165, 1.54) is 18.4 Å². The van der Waals surface area contributed by atoms with Crippen molar-refractivity contribution in [2.24, 2.45) is 4.99 Å². The first-order valence-corrected chi connectivity index (χ1v) is 11.1. The van der Waals surface area contributed by atoms with Gasteiger partial charge in [-0.05, 0) is 43.6 Å². The molecule has 2 aromatic carbocycles. The summed E-state index contributed by atoms with van der Waals surface area (Å²) in [5.41, 5.74) is 3.09. The van der Waals surface area contributed by atoms with Crippen LogP contribution in [0.3, 0.4) is 0 Å². The Morgan fingerprint density at radius 1 is 1.09 bits per heavy atom. The second-order valence-corrected chi connectivity index (χ2v) is 7.89. The molecule has 2 heterocycles. The predicted molar refractivity (Wildman–Crippen MR) is 127 cm³/mol. The highest BCUT2D eigenvalue weighted by Gasteiger charge is 2.24. The van der Waals surface area contributed by atoms with Crippen molar-refractivity contribution in [2.75, 3.05) is 33.8 Å². The molecule has 3 aromatic rings. The van der Waals surface area contributed by atoms with Crippen molar-refractivity contribution < 1.29 is 9.26 Å². The van der Waals surface area contributed by atoms with E-state index in [-0.39, 0.29) is 6.04 Å². The molecule has 0 aliphatic carbocycles. The monoisotopic (exact) mass is 433 g/mol. The van der Waals surface area contributed by atoms with Gasteiger partial charge in [-0.1, -0.05) is 47.6 Å². The number of hydrogen-bond acceptors (Lipinski definition) is 5. The van der Waals surface area contributed by atoms with Crippen LogP contribution in [0.25, 0.3) is 11.3 Å². The molecule has 0 saturated carbocycles. The predicted octanol–water partition coefficient (Wildman–Crippen LogP) is 3.85. The minimum atomic E-state index is 0.253. The lowest BCUT2D eigenvalue weighted by molar-refractivity contribution is 0.245. The third kappa shape index (κ3) is 5.48. The van der Waals surface area contributed by atoms with Gasteiger partial charge in [0.05, 0.1) is 19.7 Å². The maximum Gasteiger partial charge on any atom is 0.191 e. The van der Waals surface area contributed by atoms with Crippen LogP contribution in [0.2, 0.25) is 0 Å². The van der Waals surface area contributed by atoms with Crippen molar-refractivity contribution in [1.29, 1.82) is 0 Å². The molecule has 7 nitrogen and oxygen atoms in total. The Kier molecular flexibility index (Phi) is 7.40. The van der Waals surface area contributed by atoms with E-state index >= 15 is 0 Å². The van der Waals surface area contributed by atoms with Gasteiger partial charge in [-0.15, -0.1) is 0 Å². The van der Waals surface area contributed by atoms with E-state index < -0.39 is 0 Å². The summed E-state index contributed by atoms with van der Waals surface area (Å²) in [6.07, 6.45) is 2.48. The first kappa shape index (κ1) is 21.9. The minimum Gasteiger partial charge on any atom is -0.497 e. The molecular formula is C25H31N5O2. The maximum atomic E-state index is 5.49. The van der Waals surface area contributed by atoms with Gasteiger partial charge in [-0.25, -0.2) is 0 Å². The molecule has 1 saturated heterocycles. The maximum absolute atomic E-state index is 5.49. The standard InChI is InChI=1S/C25H31N5O2/c1-26-25(27-17-21-16-24(32-29-21)19-9-4-3-5-10-19)28-18-23(30-13-6-7-14-30)20-11-8-12-22(15-20)31-2/h3-5,8-12,15-16,23H,6-7,13-14,17-18H2,1-2H3,(H2,26,27,28). The second-order valence-electron chi connectivity index (χ2n) is 7.89. The molecule has 1 atom stereocenters. The van der Waals surface area contributed by atoms with Crippen LogP contribution in [0.15, 0.2) is 70.2 Å². The smallest absolute Gasteiger partial charge is 0.191 e. The topological polar surface area (TPSA) is 74.9 Å². The third-order valence-electron chi connectivity index (χ3n) is 5.80. The fourth-order valence-electron chi connectivity index (χ4n) is 4.08. The summed E-state index contributed by atoms with van der Waals surface area (Å²) >= 11 is 0. The van der Waals surface area contributed by atoms with Crippen LogP contribution in [0.4, 0.5) is 0 Å². The Morgan fingerprint density at radius 3 is 2.66 bits per heavy atom. The summed E-state index contributed by atoms with van der Waals surface area (Å²) in [5.74, 6) is 2.38. The van der Waals surface area contributed by atoms with Crippen molar-refractivity contribution in [3.8, 4) is 17.1 Å². The van der Waals surface area contributed by atoms with Crippen LogP contribution in [-0.4, -0.2) is 49.8 Å². The number of aliphatic imine (C=N–C) groups is 1. The van der Waals surface area contributed by atoms with Gasteiger partial charge in [0.25, 0.3) is 0 Å². The summed E-state index contributed by atoms with van der Waals surface area (Å²) in [6, 6.07) is 20.5. The molecule has 2 N–H and O–H groups in total. The Morgan fingerprint density at radius 2 is 1.91 bits per heavy atom. The van der Waals surface area contributed by atoms with Crippen LogP contribution < -0.4 is 15.4 Å². The number of hydrogen-bond donors (Lipinski definition) is 2. The van der Waals surface area contributed by atoms with Crippen LogP contribution >= 0.6 is 0 Å². The SMILES string of the molecule is CN=C(NCc1cc(-c2ccccc2)on1)NCC(c1cccc(OC)c1)N1CCCC1. The van der Waals surface area contributed by atoms with Crippen molar-refractivity contribution >= 4 is 5.96 Å². The lowest BCUT2D eigenvalue weighted by Gasteiger charge is -2.29. The normalized spacial score (nSPS) is 15.5. The van der Waals surface area contributed by atoms with Crippen molar-refractivity contribution in [1.82, 2.24) is 20.7 Å². The zero-order valence-electron chi connectivity index (χ0n) is 18.8. The van der Waals surface area contributed by atoms with Crippen LogP contribution in [0.1, 0.15) is 30.1 Å². The Balaban J connectivity index is 1.37. The summed E-state index contributed by atoms with van der Waals surface area (Å²) in [5, 5.41) is 11.0. The Bertz CT molecular complexity index is 1010. The number of nitrogens with zero attached hydrogens (tertiary/aromatic N) is 3. The number of benzene rings is 2. The van der Waals surface area contributed by atoms with Gasteiger partial charge in [-0.2, -0.15) is 0 Å². The summed E-state index contributed by atoms with van der Waals surface area (Å²) in [4.78, 5) is 6.91. The number of aromatic nitrogens is 1. The molecule has 7 heteroatoms. The number of ether oxygens (including phenoxy) is 1. The van der Waals surface area contributed by atoms with Gasteiger partial charge in [0, 0.05) is 25.2 Å². The number of likely N-dealkylation sites (tertiary alicyclic amines) is 1. The van der Waals surface area contributed by atoms with Crippen LogP contribution in [-0.2, 0) is 6.54 Å². The van der Waals surface area contributed by atoms with E-state index in [0.29, 0.717) is 6.54 Å². The molecule has 1 aliphatic rings. The average molecular weight is 434 g/mol. The molecule has 168 valence electrons. The molecule has 1 fully saturated rings. The molecular weight excluding hydrogens is 402 g/mol. The molecule has 0 bridgehead atoms. The first-order chi connectivity index (χ1) is 15.8. The summed E-state index contributed by atoms with van der Waals surface area (Å²) in [7, 11) is 3.49. The zero-order chi connectivity index (χ0) is 22.2. The van der Waals surface area contributed by atoms with E-state index in [1.807, 2.05) is 42.5 Å². The molecule has 1 aromatic heterocycles. The van der Waals surface area contributed by atoms with Crippen molar-refractivity contribution in [3.05, 3.63) is 71.9 Å². The lowest BCUT2D eigenvalue weighted by atomic mass is 10.1. The van der Waals surface area contributed by atoms with E-state index in [2.05, 4.69) is 43.9 Å². The Hall–Kier alpha value is -3.32. The van der Waals surface area contributed by atoms with Gasteiger partial charge in [0.2, 0.25) is 0 Å². The highest BCUT2D eigenvalue weighted by molar-refractivity contribution is 5.79. The van der Waals surface area contributed by atoms with Gasteiger partial charge < -0.3 is 19.9 Å². The van der Waals surface area contributed by atoms with Gasteiger partial charge >= 0.3 is 0 Å². The highest BCUT2D eigenvalue weighted by atomic mass is 16.5. The van der Waals surface area contributed by atoms with Gasteiger partial charge in [0.1, 0.15) is 11.4 Å². The second kappa shape index (κ2) is 10.8. The third-order valence-corrected chi connectivity index (χ3v) is 5.80. The quantitative estimate of drug-likeness (QED) is 0.415. The summed E-state index contributed by atoms with van der Waals surface area (Å²) < 4.78 is 10.9.